The predicted octanol–water partition coefficient (Wildman–Crippen LogP) is 3.50. The normalized spacial score (nSPS) is 22.6. The number of aromatic nitrogens is 3. The Morgan fingerprint density at radius 1 is 0.528 bits per heavy atom. The van der Waals surface area contributed by atoms with E-state index in [1.807, 2.05) is 60.7 Å². The van der Waals surface area contributed by atoms with Crippen LogP contribution in [-0.4, -0.2) is 200 Å². The first-order valence-corrected chi connectivity index (χ1v) is 36.1. The zero-order chi connectivity index (χ0) is 76.4. The van der Waals surface area contributed by atoms with E-state index in [1.165, 1.54) is 14.5 Å². The van der Waals surface area contributed by atoms with Crippen LogP contribution in [0.3, 0.4) is 0 Å². The molecule has 30 heteroatoms. The maximum absolute atomic E-state index is 15.3. The Hall–Kier alpha value is -11.9. The lowest BCUT2D eigenvalue weighted by atomic mass is 10.0. The van der Waals surface area contributed by atoms with Crippen LogP contribution in [0.1, 0.15) is 96.7 Å². The first kappa shape index (κ1) is 77.2. The van der Waals surface area contributed by atoms with E-state index in [4.69, 9.17) is 9.47 Å². The largest absolute Gasteiger partial charge is 0.491 e. The molecule has 12 bridgehead atoms. The third kappa shape index (κ3) is 20.0. The number of nitrogens with zero attached hydrogens (tertiary/aromatic N) is 8. The Kier molecular flexibility index (Phi) is 26.0. The Morgan fingerprint density at radius 2 is 0.954 bits per heavy atom. The molecule has 1 aromatic heterocycles. The summed E-state index contributed by atoms with van der Waals surface area (Å²) in [6, 6.07) is 34.7. The lowest BCUT2D eigenvalue weighted by Crippen LogP contribution is -2.56. The maximum Gasteiger partial charge on any atom is 0.326 e. The molecule has 14 rings (SSSR count). The number of carbonyl (C=O) groups is 10. The summed E-state index contributed by atoms with van der Waals surface area (Å²) in [7, 11) is 3.21. The third-order valence-corrected chi connectivity index (χ3v) is 20.0. The minimum absolute atomic E-state index is 0.00254. The summed E-state index contributed by atoms with van der Waals surface area (Å²) < 4.78 is 13.9. The molecule has 13 atom stereocenters. The van der Waals surface area contributed by atoms with Gasteiger partial charge in [-0.25, -0.2) is 14.3 Å². The number of amides is 8. The van der Waals surface area contributed by atoms with E-state index >= 15 is 19.2 Å². The van der Waals surface area contributed by atoms with Crippen LogP contribution in [0.4, 0.5) is 0 Å². The van der Waals surface area contributed by atoms with Crippen LogP contribution in [0, 0.1) is 0 Å². The zero-order valence-corrected chi connectivity index (χ0v) is 60.3. The van der Waals surface area contributed by atoms with E-state index in [-0.39, 0.29) is 84.2 Å². The van der Waals surface area contributed by atoms with E-state index < -0.39 is 138 Å². The van der Waals surface area contributed by atoms with Crippen LogP contribution in [0.15, 0.2) is 186 Å². The number of hydrogen-bond acceptors (Lipinski definition) is 19. The molecule has 7 aromatic rings. The molecule has 108 heavy (non-hydrogen) atoms. The van der Waals surface area contributed by atoms with Crippen molar-refractivity contribution in [3.63, 3.8) is 0 Å². The van der Waals surface area contributed by atoms with Crippen LogP contribution in [-0.2, 0) is 80.2 Å². The predicted molar refractivity (Wildman–Crippen MR) is 393 cm³/mol. The highest BCUT2D eigenvalue weighted by atomic mass is 16.5. The summed E-state index contributed by atoms with van der Waals surface area (Å²) in [5, 5.41) is 63.5. The lowest BCUT2D eigenvalue weighted by Gasteiger charge is -2.30. The van der Waals surface area contributed by atoms with Crippen LogP contribution in [0.5, 0.6) is 11.5 Å². The molecule has 8 amide bonds. The number of nitrogens with one attached hydrogen (secondary N) is 8. The molecule has 7 aliphatic heterocycles. The Bertz CT molecular complexity index is 4310. The van der Waals surface area contributed by atoms with Gasteiger partial charge in [0, 0.05) is 38.8 Å². The standard InChI is InChI=1S/C78H90N16O14/c1-47(79-3)69(95)85-67(53-21-13-7-14-22-53)75(101)91-43-57-39-65(91)73(99)81-61(35-29-49-17-9-5-10-18-49)71(97)83-63(77(103)104)37-51-27-33-60(34-28-51)108-46-56-42-94(90-88-56)58-40-66(92(44-58)76(102)68(54-23-15-8-16-24-54)86-70(96)48(2)80-4)74(100)82-62(36-30-50-19-11-6-12-20-50)72(98)84-64(78(105)106)38-52-25-31-59(32-26-52)107-45-55-41-93(57)89-87-55/h5-28,31-34,41,47-48,56-58,61-68,79-80H,29-30,35-40,42-46H2,1-4H3,(H,81,99)(H,82,100)(H,83,97)(H,84,98)(H,85,95)(H,86,96)(H,103,104)(H,105,106). The number of rotatable bonds is 18. The van der Waals surface area contributed by atoms with E-state index in [1.54, 1.807) is 148 Å². The number of ether oxygens (including phenoxy) is 2. The van der Waals surface area contributed by atoms with Gasteiger partial charge in [-0.2, -0.15) is 5.11 Å². The summed E-state index contributed by atoms with van der Waals surface area (Å²) in [6.45, 7) is 3.16. The first-order chi connectivity index (χ1) is 52.2. The van der Waals surface area contributed by atoms with Crippen molar-refractivity contribution in [3.8, 4) is 11.5 Å². The molecular formula is C78H90N16O14. The topological polar surface area (TPSA) is 391 Å². The minimum atomic E-state index is -1.49. The highest BCUT2D eigenvalue weighted by Gasteiger charge is 2.48. The molecular weight excluding hydrogens is 1380 g/mol. The van der Waals surface area contributed by atoms with E-state index in [0.717, 1.165) is 11.1 Å². The molecule has 2 saturated heterocycles. The highest BCUT2D eigenvalue weighted by molar-refractivity contribution is 5.98. The van der Waals surface area contributed by atoms with Gasteiger partial charge in [0.2, 0.25) is 35.4 Å². The Labute approximate surface area is 624 Å². The molecule has 0 saturated carbocycles. The average Bonchev–Trinajstić information content (AvgIpc) is 1.63. The van der Waals surface area contributed by atoms with Gasteiger partial charge in [0.05, 0.1) is 36.9 Å². The van der Waals surface area contributed by atoms with Gasteiger partial charge in [-0.1, -0.05) is 156 Å². The molecule has 0 radical (unpaired) electrons. The monoisotopic (exact) mass is 1470 g/mol. The fraction of sp³-hybridized carbons (Fsp3) is 0.385. The van der Waals surface area contributed by atoms with Gasteiger partial charge in [0.1, 0.15) is 84.8 Å². The van der Waals surface area contributed by atoms with Crippen molar-refractivity contribution >= 4 is 59.2 Å². The smallest absolute Gasteiger partial charge is 0.326 e. The number of carboxylic acid groups (broad SMARTS) is 2. The van der Waals surface area contributed by atoms with Gasteiger partial charge in [-0.3, -0.25) is 43.4 Å². The second-order valence-electron chi connectivity index (χ2n) is 27.5. The minimum Gasteiger partial charge on any atom is -0.491 e. The molecule has 566 valence electrons. The fourth-order valence-electron chi connectivity index (χ4n) is 13.5. The molecule has 0 spiro atoms. The van der Waals surface area contributed by atoms with E-state index in [2.05, 4.69) is 63.2 Å². The van der Waals surface area contributed by atoms with Crippen molar-refractivity contribution in [1.29, 1.82) is 0 Å². The summed E-state index contributed by atoms with van der Waals surface area (Å²) in [5.41, 5.74) is 3.90. The summed E-state index contributed by atoms with van der Waals surface area (Å²) in [5.74, 6) is -7.22. The van der Waals surface area contributed by atoms with Gasteiger partial charge in [-0.15, -0.1) is 5.10 Å². The van der Waals surface area contributed by atoms with Crippen molar-refractivity contribution in [3.05, 3.63) is 215 Å². The number of carbonyl (C=O) groups excluding carboxylic acids is 8. The van der Waals surface area contributed by atoms with Crippen LogP contribution in [0.2, 0.25) is 0 Å². The van der Waals surface area contributed by atoms with Gasteiger partial charge < -0.3 is 72.0 Å². The molecule has 0 aliphatic carbocycles. The van der Waals surface area contributed by atoms with E-state index in [9.17, 15) is 39.0 Å². The number of carboxylic acids is 2. The average molecular weight is 1480 g/mol. The third-order valence-electron chi connectivity index (χ3n) is 20.0. The number of likely N-dealkylation sites (N-methyl/N-ethyl adjacent to an activating group) is 2. The van der Waals surface area contributed by atoms with Crippen molar-refractivity contribution in [1.82, 2.24) is 72.3 Å². The van der Waals surface area contributed by atoms with Crippen molar-refractivity contribution < 1.29 is 67.6 Å². The van der Waals surface area contributed by atoms with Crippen molar-refractivity contribution in [2.75, 3.05) is 40.3 Å². The highest BCUT2D eigenvalue weighted by Crippen LogP contribution is 2.33. The van der Waals surface area contributed by atoms with Crippen LogP contribution < -0.4 is 52.0 Å². The second kappa shape index (κ2) is 36.4. The fourth-order valence-corrected chi connectivity index (χ4v) is 13.5. The number of benzene rings is 6. The van der Waals surface area contributed by atoms with E-state index in [0.29, 0.717) is 39.4 Å². The molecule has 30 nitrogen and oxygen atoms in total. The Morgan fingerprint density at radius 3 is 1.40 bits per heavy atom. The van der Waals surface area contributed by atoms with Gasteiger partial charge >= 0.3 is 11.9 Å². The van der Waals surface area contributed by atoms with Crippen LogP contribution in [0.25, 0.3) is 0 Å². The maximum atomic E-state index is 15.3. The molecule has 2 fully saturated rings. The summed E-state index contributed by atoms with van der Waals surface area (Å²) >= 11 is 0. The molecule has 13 unspecified atom stereocenters. The number of hydrogen-bond donors (Lipinski definition) is 10. The quantitative estimate of drug-likeness (QED) is 0.0587. The van der Waals surface area contributed by atoms with Gasteiger partial charge in [-0.05, 0) is 111 Å². The van der Waals surface area contributed by atoms with Gasteiger partial charge in [0.15, 0.2) is 0 Å². The number of aliphatic carboxylic acids is 2. The summed E-state index contributed by atoms with van der Waals surface area (Å²) in [6.07, 6.45) is 1.79. The number of likely N-dealkylation sites (tertiary alicyclic amines) is 2. The SMILES string of the molecule is CNC(C)C(=O)NC(C(=O)N1CC2CC1C(=O)NC(CCc1ccccc1)C(=O)NC(C(=O)O)Cc1ccc(cc1)OCc1cn(nn1)C1CC(C(=O)NC(CCc3ccccc3)C(=O)NC(C(=O)O)Cc3ccc(cc3)OCC3CN2N=N3)N(C(=O)C(NC(=O)C(C)NC)c2ccccc2)C1)c1ccccc1. The summed E-state index contributed by atoms with van der Waals surface area (Å²) in [4.78, 5) is 147. The first-order valence-electron chi connectivity index (χ1n) is 36.1. The van der Waals surface area contributed by atoms with Gasteiger partial charge in [0.25, 0.3) is 11.8 Å². The molecule has 6 aromatic carbocycles. The zero-order valence-electron chi connectivity index (χ0n) is 60.3. The number of aryl methyl sites for hydroxylation is 2. The van der Waals surface area contributed by atoms with Crippen molar-refractivity contribution in [2.45, 2.75) is 150 Å². The van der Waals surface area contributed by atoms with Crippen LogP contribution >= 0.6 is 0 Å². The molecule has 8 heterocycles. The molecule has 10 N–H and O–H groups in total. The second-order valence-corrected chi connectivity index (χ2v) is 27.5. The Balaban J connectivity index is 0.894. The lowest BCUT2D eigenvalue weighted by molar-refractivity contribution is -0.143. The van der Waals surface area contributed by atoms with Crippen molar-refractivity contribution in [2.24, 2.45) is 10.3 Å². The molecule has 7 aliphatic rings.